The highest BCUT2D eigenvalue weighted by Gasteiger charge is 2.44. The second-order valence-electron chi connectivity index (χ2n) is 6.43. The van der Waals surface area contributed by atoms with Gasteiger partial charge in [0.2, 0.25) is 0 Å². The summed E-state index contributed by atoms with van der Waals surface area (Å²) in [5, 5.41) is 3.18. The maximum absolute atomic E-state index is 13.1. The highest BCUT2D eigenvalue weighted by Crippen LogP contribution is 2.39. The summed E-state index contributed by atoms with van der Waals surface area (Å²) in [6.45, 7) is 2.90. The van der Waals surface area contributed by atoms with Gasteiger partial charge >= 0.3 is 11.9 Å². The average Bonchev–Trinajstić information content (AvgIpc) is 2.97. The van der Waals surface area contributed by atoms with Crippen molar-refractivity contribution in [2.75, 3.05) is 26.1 Å². The van der Waals surface area contributed by atoms with E-state index in [1.165, 1.54) is 34.1 Å². The molecule has 0 saturated carbocycles. The second kappa shape index (κ2) is 7.43. The third-order valence-corrected chi connectivity index (χ3v) is 4.59. The van der Waals surface area contributed by atoms with Crippen molar-refractivity contribution in [2.45, 2.75) is 38.6 Å². The van der Waals surface area contributed by atoms with Crippen molar-refractivity contribution in [3.63, 3.8) is 0 Å². The van der Waals surface area contributed by atoms with Crippen molar-refractivity contribution in [1.29, 1.82) is 0 Å². The van der Waals surface area contributed by atoms with E-state index in [2.05, 4.69) is 5.32 Å². The molecule has 2 heterocycles. The molecule has 0 spiro atoms. The Labute approximate surface area is 156 Å². The molecule has 0 aromatic heterocycles. The molecule has 1 unspecified atom stereocenters. The molecule has 3 atom stereocenters. The Morgan fingerprint density at radius 3 is 2.48 bits per heavy atom. The van der Waals surface area contributed by atoms with E-state index >= 15 is 0 Å². The first-order valence-electron chi connectivity index (χ1n) is 8.52. The molecule has 0 bridgehead atoms. The minimum Gasteiger partial charge on any atom is -0.493 e. The number of nitrogens with one attached hydrogen (secondary N) is 1. The Bertz CT molecular complexity index is 779. The van der Waals surface area contributed by atoms with E-state index in [9.17, 15) is 14.4 Å². The molecule has 1 N–H and O–H groups in total. The molecule has 1 aromatic carbocycles. The average molecular weight is 378 g/mol. The third-order valence-electron chi connectivity index (χ3n) is 4.59. The van der Waals surface area contributed by atoms with Gasteiger partial charge in [0, 0.05) is 33.4 Å². The Balaban J connectivity index is 2.00. The first-order chi connectivity index (χ1) is 12.8. The number of esters is 2. The summed E-state index contributed by atoms with van der Waals surface area (Å²) in [6, 6.07) is 2.75. The largest absolute Gasteiger partial charge is 0.493 e. The fraction of sp³-hybridized carbons (Fsp3) is 0.500. The third kappa shape index (κ3) is 3.68. The van der Waals surface area contributed by atoms with Gasteiger partial charge in [0.25, 0.3) is 5.91 Å². The lowest BCUT2D eigenvalue weighted by Crippen LogP contribution is -2.44. The van der Waals surface area contributed by atoms with Crippen LogP contribution in [-0.2, 0) is 19.1 Å². The van der Waals surface area contributed by atoms with Gasteiger partial charge in [-0.3, -0.25) is 14.4 Å². The Morgan fingerprint density at radius 2 is 1.89 bits per heavy atom. The highest BCUT2D eigenvalue weighted by atomic mass is 16.6. The van der Waals surface area contributed by atoms with Crippen LogP contribution in [0.3, 0.4) is 0 Å². The normalized spacial score (nSPS) is 23.6. The standard InChI is InChI=1S/C18H22N2O7/c1-9(21)26-11-5-14-17(25-4)19-13-7-16(27-10(2)22)15(24-3)6-12(13)18(23)20(14)8-11/h6-7,11,14,17,19H,5,8H2,1-4H3/t11?,14-,17+/m0/s1. The van der Waals surface area contributed by atoms with Gasteiger partial charge in [-0.1, -0.05) is 0 Å². The number of ether oxygens (including phenoxy) is 4. The lowest BCUT2D eigenvalue weighted by Gasteiger charge is -2.27. The first kappa shape index (κ1) is 19.0. The lowest BCUT2D eigenvalue weighted by atomic mass is 10.1. The van der Waals surface area contributed by atoms with Gasteiger partial charge in [-0.05, 0) is 6.07 Å². The minimum absolute atomic E-state index is 0.207. The van der Waals surface area contributed by atoms with Crippen molar-refractivity contribution in [2.24, 2.45) is 0 Å². The number of benzene rings is 1. The molecule has 3 rings (SSSR count). The molecule has 1 amide bonds. The first-order valence-corrected chi connectivity index (χ1v) is 8.52. The number of amides is 1. The second-order valence-corrected chi connectivity index (χ2v) is 6.43. The number of methoxy groups -OCH3 is 2. The number of rotatable bonds is 4. The molecule has 27 heavy (non-hydrogen) atoms. The van der Waals surface area contributed by atoms with E-state index in [1.807, 2.05) is 0 Å². The maximum atomic E-state index is 13.1. The number of hydrogen-bond donors (Lipinski definition) is 1. The van der Waals surface area contributed by atoms with Gasteiger partial charge in [-0.15, -0.1) is 0 Å². The number of carbonyl (C=O) groups excluding carboxylic acids is 3. The SMILES string of the molecule is COc1cc2c(cc1OC(C)=O)N[C@H](OC)[C@@H]1CC(OC(C)=O)CN1C2=O. The van der Waals surface area contributed by atoms with Crippen LogP contribution in [0.5, 0.6) is 11.5 Å². The summed E-state index contributed by atoms with van der Waals surface area (Å²) in [5.74, 6) is -0.660. The molecule has 2 aliphatic rings. The van der Waals surface area contributed by atoms with Crippen molar-refractivity contribution in [3.05, 3.63) is 17.7 Å². The number of carbonyl (C=O) groups is 3. The van der Waals surface area contributed by atoms with Crippen molar-refractivity contribution < 1.29 is 33.3 Å². The zero-order valence-electron chi connectivity index (χ0n) is 15.6. The van der Waals surface area contributed by atoms with Crippen LogP contribution >= 0.6 is 0 Å². The van der Waals surface area contributed by atoms with E-state index in [1.54, 1.807) is 11.0 Å². The number of fused-ring (bicyclic) bond motifs is 2. The Morgan fingerprint density at radius 1 is 1.15 bits per heavy atom. The summed E-state index contributed by atoms with van der Waals surface area (Å²) in [4.78, 5) is 37.4. The zero-order valence-corrected chi connectivity index (χ0v) is 15.6. The van der Waals surface area contributed by atoms with Gasteiger partial charge < -0.3 is 29.2 Å². The fourth-order valence-corrected chi connectivity index (χ4v) is 3.54. The summed E-state index contributed by atoms with van der Waals surface area (Å²) in [5.41, 5.74) is 0.832. The zero-order chi connectivity index (χ0) is 19.7. The highest BCUT2D eigenvalue weighted by molar-refractivity contribution is 6.02. The van der Waals surface area contributed by atoms with Crippen LogP contribution in [0.25, 0.3) is 0 Å². The van der Waals surface area contributed by atoms with Crippen LogP contribution in [0.4, 0.5) is 5.69 Å². The van der Waals surface area contributed by atoms with Crippen molar-refractivity contribution >= 4 is 23.5 Å². The summed E-state index contributed by atoms with van der Waals surface area (Å²) >= 11 is 0. The quantitative estimate of drug-likeness (QED) is 0.615. The molecule has 146 valence electrons. The number of nitrogens with zero attached hydrogens (tertiary/aromatic N) is 1. The molecule has 1 saturated heterocycles. The molecule has 0 radical (unpaired) electrons. The smallest absolute Gasteiger partial charge is 0.308 e. The van der Waals surface area contributed by atoms with Crippen LogP contribution in [0.2, 0.25) is 0 Å². The van der Waals surface area contributed by atoms with Gasteiger partial charge in [0.05, 0.1) is 30.9 Å². The van der Waals surface area contributed by atoms with E-state index in [4.69, 9.17) is 18.9 Å². The van der Waals surface area contributed by atoms with Crippen LogP contribution in [0.1, 0.15) is 30.6 Å². The molecule has 0 aliphatic carbocycles. The van der Waals surface area contributed by atoms with Crippen LogP contribution in [-0.4, -0.2) is 61.9 Å². The van der Waals surface area contributed by atoms with Crippen molar-refractivity contribution in [3.8, 4) is 11.5 Å². The van der Waals surface area contributed by atoms with E-state index < -0.39 is 12.2 Å². The molecule has 2 aliphatic heterocycles. The molecular weight excluding hydrogens is 356 g/mol. The predicted octanol–water partition coefficient (Wildman–Crippen LogP) is 1.16. The Hall–Kier alpha value is -2.81. The van der Waals surface area contributed by atoms with Gasteiger partial charge in [-0.25, -0.2) is 0 Å². The molecule has 1 aromatic rings. The molecule has 9 heteroatoms. The monoisotopic (exact) mass is 378 g/mol. The molecule has 1 fully saturated rings. The summed E-state index contributed by atoms with van der Waals surface area (Å²) in [7, 11) is 2.96. The predicted molar refractivity (Wildman–Crippen MR) is 93.7 cm³/mol. The molecular formula is C18H22N2O7. The summed E-state index contributed by atoms with van der Waals surface area (Å²) < 4.78 is 21.3. The van der Waals surface area contributed by atoms with Crippen LogP contribution < -0.4 is 14.8 Å². The van der Waals surface area contributed by atoms with Crippen LogP contribution in [0.15, 0.2) is 12.1 Å². The Kier molecular flexibility index (Phi) is 5.22. The summed E-state index contributed by atoms with van der Waals surface area (Å²) in [6.07, 6.45) is -0.451. The van der Waals surface area contributed by atoms with E-state index in [0.717, 1.165) is 0 Å². The number of anilines is 1. The van der Waals surface area contributed by atoms with Gasteiger partial charge in [0.1, 0.15) is 12.3 Å². The van der Waals surface area contributed by atoms with Crippen molar-refractivity contribution in [1.82, 2.24) is 4.90 Å². The maximum Gasteiger partial charge on any atom is 0.308 e. The van der Waals surface area contributed by atoms with E-state index in [0.29, 0.717) is 17.7 Å². The fourth-order valence-electron chi connectivity index (χ4n) is 3.54. The number of hydrogen-bond acceptors (Lipinski definition) is 8. The van der Waals surface area contributed by atoms with Gasteiger partial charge in [0.15, 0.2) is 11.5 Å². The lowest BCUT2D eigenvalue weighted by molar-refractivity contribution is -0.145. The topological polar surface area (TPSA) is 103 Å². The minimum atomic E-state index is -0.519. The van der Waals surface area contributed by atoms with Crippen LogP contribution in [0, 0.1) is 0 Å². The van der Waals surface area contributed by atoms with Gasteiger partial charge in [-0.2, -0.15) is 0 Å². The van der Waals surface area contributed by atoms with E-state index in [-0.39, 0.29) is 42.1 Å². The molecule has 9 nitrogen and oxygen atoms in total.